The van der Waals surface area contributed by atoms with Gasteiger partial charge in [-0.25, -0.2) is 0 Å². The molecule has 25 heavy (non-hydrogen) atoms. The predicted molar refractivity (Wildman–Crippen MR) is 69.3 cm³/mol. The van der Waals surface area contributed by atoms with Crippen LogP contribution in [0.25, 0.3) is 0 Å². The van der Waals surface area contributed by atoms with E-state index < -0.39 is 74.6 Å². The normalized spacial score (nSPS) is 47.0. The number of hydrogen-bond acceptors (Lipinski definition) is 11. The number of aliphatic hydroxyl groups excluding tert-OH is 8. The van der Waals surface area contributed by atoms with Gasteiger partial charge in [0.05, 0.1) is 13.2 Å². The minimum atomic E-state index is -2.22. The largest absolute Gasteiger partial charge is 3.00 e. The fourth-order valence-corrected chi connectivity index (χ4v) is 2.63. The zero-order chi connectivity index (χ0) is 17.4. The van der Waals surface area contributed by atoms with Crippen LogP contribution in [0.5, 0.6) is 0 Å². The van der Waals surface area contributed by atoms with Crippen molar-refractivity contribution in [3.63, 3.8) is 0 Å². The molecule has 0 spiro atoms. The molecule has 0 amide bonds. The summed E-state index contributed by atoms with van der Waals surface area (Å²) in [6.45, 7) is -2.32. The van der Waals surface area contributed by atoms with E-state index in [1.165, 1.54) is 0 Å². The zero-order valence-electron chi connectivity index (χ0n) is 12.8. The topological polar surface area (TPSA) is 218 Å². The summed E-state index contributed by atoms with van der Waals surface area (Å²) in [6, 6.07) is 0. The van der Waals surface area contributed by atoms with Gasteiger partial charge in [0.15, 0.2) is 6.29 Å². The van der Waals surface area contributed by atoms with Gasteiger partial charge in [0, 0.05) is 0 Å². The second-order valence-corrected chi connectivity index (χ2v) is 5.56. The zero-order valence-corrected chi connectivity index (χ0v) is 13.9. The molecule has 0 unspecified atom stereocenters. The average Bonchev–Trinajstić information content (AvgIpc) is 2.80. The number of rotatable bonds is 5. The summed E-state index contributed by atoms with van der Waals surface area (Å²) >= 11 is 0. The Morgan fingerprint density at radius 2 is 1.36 bits per heavy atom. The number of aliphatic hydroxyl groups is 8. The minimum absolute atomic E-state index is 0. The Labute approximate surface area is 153 Å². The first-order valence-corrected chi connectivity index (χ1v) is 7.05. The molecule has 149 valence electrons. The Morgan fingerprint density at radius 3 is 1.80 bits per heavy atom. The molecule has 2 heterocycles. The van der Waals surface area contributed by atoms with Crippen molar-refractivity contribution in [3.8, 4) is 0 Å². The van der Waals surface area contributed by atoms with E-state index in [-0.39, 0.29) is 22.5 Å². The Hall–Kier alpha value is 0.0395. The quantitative estimate of drug-likeness (QED) is 0.198. The van der Waals surface area contributed by atoms with Gasteiger partial charge in [-0.15, -0.1) is 0 Å². The molecular weight excluding hydrogens is 392 g/mol. The van der Waals surface area contributed by atoms with Crippen LogP contribution in [-0.2, 0) is 36.8 Å². The van der Waals surface area contributed by atoms with Gasteiger partial charge in [-0.05, 0) is 0 Å². The Kier molecular flexibility index (Phi) is 9.84. The summed E-state index contributed by atoms with van der Waals surface area (Å²) in [4.78, 5) is 0. The van der Waals surface area contributed by atoms with E-state index in [0.717, 1.165) is 0 Å². The fourth-order valence-electron chi connectivity index (χ4n) is 2.63. The second kappa shape index (κ2) is 9.82. The summed E-state index contributed by atoms with van der Waals surface area (Å²) in [5.41, 5.74) is 0. The maximum Gasteiger partial charge on any atom is 3.00 e. The molecule has 1 radical (unpaired) electrons. The van der Waals surface area contributed by atoms with Crippen molar-refractivity contribution in [2.24, 2.45) is 0 Å². The minimum Gasteiger partial charge on any atom is -2.00 e. The standard InChI is InChI=1S/C12H22O11.Fe.O/c13-1-4-6(16)8(18)9(19)11(21-4)23-12(3-15)10(20)7(17)5(2-14)22-12;;/h4-11,13-20H,1-3H2;;/q;+3;-2/t4-,5-,6-,7-,8+,9-,10+,11-,12+;;/m1../s1. The van der Waals surface area contributed by atoms with Crippen molar-refractivity contribution in [3.05, 3.63) is 0 Å². The number of ether oxygens (including phenoxy) is 3. The molecule has 9 atom stereocenters. The van der Waals surface area contributed by atoms with Crippen molar-refractivity contribution in [1.82, 2.24) is 0 Å². The van der Waals surface area contributed by atoms with E-state index in [1.807, 2.05) is 0 Å². The summed E-state index contributed by atoms with van der Waals surface area (Å²) in [5.74, 6) is -2.22. The van der Waals surface area contributed by atoms with Crippen LogP contribution in [0.1, 0.15) is 0 Å². The Morgan fingerprint density at radius 1 is 0.800 bits per heavy atom. The monoisotopic (exact) mass is 414 g/mol. The Bertz CT molecular complexity index is 400. The molecule has 13 heteroatoms. The van der Waals surface area contributed by atoms with Gasteiger partial charge in [-0.1, -0.05) is 0 Å². The maximum absolute atomic E-state index is 10.00. The van der Waals surface area contributed by atoms with E-state index in [9.17, 15) is 30.6 Å². The van der Waals surface area contributed by atoms with Crippen LogP contribution in [0.4, 0.5) is 0 Å². The van der Waals surface area contributed by atoms with Crippen molar-refractivity contribution in [1.29, 1.82) is 0 Å². The molecule has 8 N–H and O–H groups in total. The van der Waals surface area contributed by atoms with Gasteiger partial charge in [0.2, 0.25) is 5.79 Å². The van der Waals surface area contributed by atoms with Gasteiger partial charge >= 0.3 is 17.1 Å². The average molecular weight is 414 g/mol. The summed E-state index contributed by atoms with van der Waals surface area (Å²) in [6.07, 6.45) is -12.7. The molecule has 2 aliphatic rings. The molecule has 12 nitrogen and oxygen atoms in total. The van der Waals surface area contributed by atoms with Crippen molar-refractivity contribution < 1.29 is 77.6 Å². The summed E-state index contributed by atoms with van der Waals surface area (Å²) < 4.78 is 15.4. The third kappa shape index (κ3) is 4.48. The van der Waals surface area contributed by atoms with Crippen LogP contribution in [0.15, 0.2) is 0 Å². The molecule has 0 aliphatic carbocycles. The van der Waals surface area contributed by atoms with Gasteiger partial charge < -0.3 is 60.5 Å². The molecular formula is C12H22FeO12+. The molecule has 0 aromatic heterocycles. The molecule has 2 aliphatic heterocycles. The van der Waals surface area contributed by atoms with Gasteiger partial charge in [0.25, 0.3) is 0 Å². The van der Waals surface area contributed by atoms with Crippen molar-refractivity contribution in [2.75, 3.05) is 19.8 Å². The summed E-state index contributed by atoms with van der Waals surface area (Å²) in [7, 11) is 0. The van der Waals surface area contributed by atoms with Crippen LogP contribution >= 0.6 is 0 Å². The van der Waals surface area contributed by atoms with E-state index in [2.05, 4.69) is 0 Å². The molecule has 2 fully saturated rings. The van der Waals surface area contributed by atoms with Crippen LogP contribution in [0, 0.1) is 0 Å². The maximum atomic E-state index is 10.00. The van der Waals surface area contributed by atoms with Crippen molar-refractivity contribution in [2.45, 2.75) is 54.8 Å². The molecule has 2 rings (SSSR count). The summed E-state index contributed by atoms with van der Waals surface area (Å²) in [5, 5.41) is 76.7. The van der Waals surface area contributed by atoms with E-state index >= 15 is 0 Å². The van der Waals surface area contributed by atoms with Gasteiger partial charge in [-0.2, -0.15) is 0 Å². The number of hydrogen-bond donors (Lipinski definition) is 8. The molecule has 0 bridgehead atoms. The Balaban J connectivity index is 0.00000288. The molecule has 2 saturated heterocycles. The van der Waals surface area contributed by atoms with Crippen LogP contribution in [-0.4, -0.2) is 115 Å². The predicted octanol–water partition coefficient (Wildman–Crippen LogP) is -5.52. The first-order valence-electron chi connectivity index (χ1n) is 7.05. The second-order valence-electron chi connectivity index (χ2n) is 5.56. The molecule has 0 saturated carbocycles. The van der Waals surface area contributed by atoms with Gasteiger partial charge in [0.1, 0.15) is 49.3 Å². The smallest absolute Gasteiger partial charge is 2.00 e. The first kappa shape index (κ1) is 25.0. The fraction of sp³-hybridized carbons (Fsp3) is 1.00. The van der Waals surface area contributed by atoms with Crippen molar-refractivity contribution >= 4 is 0 Å². The molecule has 0 aromatic rings. The third-order valence-electron chi connectivity index (χ3n) is 4.07. The van der Waals surface area contributed by atoms with Crippen LogP contribution in [0.2, 0.25) is 0 Å². The molecule has 0 aromatic carbocycles. The first-order chi connectivity index (χ1) is 10.8. The van der Waals surface area contributed by atoms with Gasteiger partial charge in [-0.3, -0.25) is 0 Å². The third-order valence-corrected chi connectivity index (χ3v) is 4.07. The van der Waals surface area contributed by atoms with Crippen LogP contribution in [0.3, 0.4) is 0 Å². The van der Waals surface area contributed by atoms with E-state index in [0.29, 0.717) is 0 Å². The SMILES string of the molecule is OC[C@H]1O[C@@](CO)(O[C@H]2O[C@H](CO)[C@@H](O)[C@H](O)[C@H]2O)[C@@H](O)[C@@H]1O.[Fe+3].[O-2]. The van der Waals surface area contributed by atoms with Crippen LogP contribution < -0.4 is 0 Å². The van der Waals surface area contributed by atoms with E-state index in [4.69, 9.17) is 24.4 Å². The van der Waals surface area contributed by atoms with E-state index in [1.54, 1.807) is 0 Å².